The molecule has 9 rings (SSSR count). The van der Waals surface area contributed by atoms with Gasteiger partial charge in [-0.15, -0.1) is 0 Å². The second-order valence-electron chi connectivity index (χ2n) is 15.1. The number of benzene rings is 2. The summed E-state index contributed by atoms with van der Waals surface area (Å²) in [6.07, 6.45) is 6.30. The first-order chi connectivity index (χ1) is 25.5. The van der Waals surface area contributed by atoms with Crippen LogP contribution in [0.5, 0.6) is 0 Å². The maximum absolute atomic E-state index is 15.2. The van der Waals surface area contributed by atoms with E-state index in [9.17, 15) is 14.0 Å². The minimum Gasteiger partial charge on any atom is -0.378 e. The highest BCUT2D eigenvalue weighted by atomic mass is 19.1. The number of rotatable bonds is 6. The lowest BCUT2D eigenvalue weighted by atomic mass is 9.88. The van der Waals surface area contributed by atoms with Gasteiger partial charge in [-0.3, -0.25) is 18.9 Å². The van der Waals surface area contributed by atoms with E-state index < -0.39 is 17.3 Å². The van der Waals surface area contributed by atoms with Crippen molar-refractivity contribution in [1.82, 2.24) is 38.9 Å². The van der Waals surface area contributed by atoms with E-state index in [-0.39, 0.29) is 29.4 Å². The number of aryl methyl sites for hydroxylation is 2. The molecular formula is C39H41FN8O5. The number of nitrogens with one attached hydrogen (secondary N) is 2. The number of nitrogens with zero attached hydrogens (tertiary/aromatic N) is 6. The van der Waals surface area contributed by atoms with Gasteiger partial charge in [-0.05, 0) is 106 Å². The lowest BCUT2D eigenvalue weighted by Gasteiger charge is -2.34. The molecule has 1 amide bonds. The van der Waals surface area contributed by atoms with Gasteiger partial charge in [0.1, 0.15) is 22.9 Å². The first kappa shape index (κ1) is 33.3. The van der Waals surface area contributed by atoms with Gasteiger partial charge in [0.25, 0.3) is 5.91 Å². The fourth-order valence-electron chi connectivity index (χ4n) is 8.97. The fourth-order valence-corrected chi connectivity index (χ4v) is 8.97. The number of carbonyl (C=O) groups excluding carboxylic acids is 1. The van der Waals surface area contributed by atoms with Crippen LogP contribution in [0.3, 0.4) is 0 Å². The van der Waals surface area contributed by atoms with Gasteiger partial charge in [-0.1, -0.05) is 18.1 Å². The molecule has 6 heterocycles. The van der Waals surface area contributed by atoms with Crippen LogP contribution in [0.4, 0.5) is 4.39 Å². The molecule has 0 radical (unpaired) electrons. The third-order valence-corrected chi connectivity index (χ3v) is 11.8. The van der Waals surface area contributed by atoms with Crippen LogP contribution in [0.25, 0.3) is 22.4 Å². The van der Waals surface area contributed by atoms with Gasteiger partial charge in [0, 0.05) is 48.4 Å². The zero-order valence-electron chi connectivity index (χ0n) is 30.3. The maximum atomic E-state index is 15.2. The number of fused-ring (bicyclic) bond motifs is 2. The van der Waals surface area contributed by atoms with E-state index in [1.165, 1.54) is 10.1 Å². The highest BCUT2D eigenvalue weighted by Crippen LogP contribution is 2.56. The molecule has 274 valence electrons. The number of aromatic amines is 2. The number of amides is 1. The number of ether oxygens (including phenoxy) is 1. The van der Waals surface area contributed by atoms with Crippen molar-refractivity contribution in [3.05, 3.63) is 115 Å². The topological polar surface area (TPSA) is 149 Å². The van der Waals surface area contributed by atoms with E-state index in [0.717, 1.165) is 35.0 Å². The summed E-state index contributed by atoms with van der Waals surface area (Å²) in [5, 5.41) is 10.0. The number of H-pyrrole nitrogens is 2. The van der Waals surface area contributed by atoms with Crippen LogP contribution < -0.4 is 11.4 Å². The lowest BCUT2D eigenvalue weighted by Crippen LogP contribution is -2.41. The molecule has 3 aliphatic rings. The van der Waals surface area contributed by atoms with Crippen molar-refractivity contribution in [2.75, 3.05) is 13.2 Å². The van der Waals surface area contributed by atoms with Crippen molar-refractivity contribution in [3.8, 4) is 11.5 Å². The summed E-state index contributed by atoms with van der Waals surface area (Å²) in [4.78, 5) is 47.9. The van der Waals surface area contributed by atoms with Crippen molar-refractivity contribution < 1.29 is 18.4 Å². The van der Waals surface area contributed by atoms with Crippen molar-refractivity contribution in [2.24, 2.45) is 5.92 Å². The van der Waals surface area contributed by atoms with Gasteiger partial charge in [-0.25, -0.2) is 18.7 Å². The third-order valence-electron chi connectivity index (χ3n) is 11.8. The van der Waals surface area contributed by atoms with Gasteiger partial charge in [0.05, 0.1) is 23.5 Å². The molecule has 1 aliphatic carbocycles. The number of halogens is 1. The van der Waals surface area contributed by atoms with E-state index in [1.807, 2.05) is 22.5 Å². The number of aromatic nitrogens is 7. The van der Waals surface area contributed by atoms with E-state index in [1.54, 1.807) is 43.1 Å². The Morgan fingerprint density at radius 1 is 1.08 bits per heavy atom. The average Bonchev–Trinajstić information content (AvgIpc) is 3.66. The average molecular weight is 721 g/mol. The minimum absolute atomic E-state index is 0.0553. The zero-order chi connectivity index (χ0) is 36.9. The molecule has 5 atom stereocenters. The predicted octanol–water partition coefficient (Wildman–Crippen LogP) is 5.56. The minimum atomic E-state index is -0.787. The van der Waals surface area contributed by atoms with Gasteiger partial charge in [-0.2, -0.15) is 5.10 Å². The summed E-state index contributed by atoms with van der Waals surface area (Å²) >= 11 is 0. The van der Waals surface area contributed by atoms with Crippen LogP contribution in [0.15, 0.2) is 62.9 Å². The molecule has 53 heavy (non-hydrogen) atoms. The number of hydrogen-bond donors (Lipinski definition) is 2. The van der Waals surface area contributed by atoms with Gasteiger partial charge in [0.2, 0.25) is 0 Å². The number of hydrogen-bond acceptors (Lipinski definition) is 7. The second-order valence-corrected chi connectivity index (χ2v) is 15.1. The highest BCUT2D eigenvalue weighted by Gasteiger charge is 2.59. The molecule has 13 nitrogen and oxygen atoms in total. The van der Waals surface area contributed by atoms with Crippen LogP contribution in [0.2, 0.25) is 0 Å². The summed E-state index contributed by atoms with van der Waals surface area (Å²) in [5.74, 6) is 0.138. The quantitative estimate of drug-likeness (QED) is 0.229. The first-order valence-electron chi connectivity index (χ1n) is 18.3. The molecule has 1 saturated carbocycles. The molecule has 2 aromatic carbocycles. The van der Waals surface area contributed by atoms with Gasteiger partial charge >= 0.3 is 11.4 Å². The summed E-state index contributed by atoms with van der Waals surface area (Å²) in [6, 6.07) is 11.3. The summed E-state index contributed by atoms with van der Waals surface area (Å²) in [7, 11) is 0. The molecular weight excluding hydrogens is 679 g/mol. The largest absolute Gasteiger partial charge is 0.438 e. The van der Waals surface area contributed by atoms with Crippen LogP contribution in [0.1, 0.15) is 96.3 Å². The predicted molar refractivity (Wildman–Crippen MR) is 193 cm³/mol. The molecule has 0 unspecified atom stereocenters. The van der Waals surface area contributed by atoms with Crippen LogP contribution in [-0.2, 0) is 16.7 Å². The Hall–Kier alpha value is -5.50. The first-order valence-corrected chi connectivity index (χ1v) is 18.3. The van der Waals surface area contributed by atoms with E-state index >= 15 is 4.79 Å². The van der Waals surface area contributed by atoms with Crippen molar-refractivity contribution in [1.29, 1.82) is 0 Å². The molecule has 4 aromatic heterocycles. The SMILES string of the molecule is Cc1cc(-n2nc3c(c2-n2cc[nH]c2=O)[C@H](C)N(C(=O)c2cc4cc([C@H]5CCO[C@@H](C)C5)ccc4n2[C@@]2(c4noc(=O)[nH]4)C[C@@H]2C)CC3)cc(C)c1F. The second kappa shape index (κ2) is 12.0. The van der Waals surface area contributed by atoms with E-state index in [4.69, 9.17) is 14.4 Å². The zero-order valence-corrected chi connectivity index (χ0v) is 30.3. The molecule has 2 aliphatic heterocycles. The molecule has 2 fully saturated rings. The molecule has 1 saturated heterocycles. The van der Waals surface area contributed by atoms with Gasteiger partial charge < -0.3 is 19.2 Å². The van der Waals surface area contributed by atoms with Crippen LogP contribution in [0, 0.1) is 25.6 Å². The van der Waals surface area contributed by atoms with Crippen LogP contribution in [-0.4, -0.2) is 64.1 Å². The van der Waals surface area contributed by atoms with Crippen molar-refractivity contribution in [3.63, 3.8) is 0 Å². The smallest absolute Gasteiger partial charge is 0.378 e. The lowest BCUT2D eigenvalue weighted by molar-refractivity contribution is 0.0186. The summed E-state index contributed by atoms with van der Waals surface area (Å²) in [6.45, 7) is 10.6. The van der Waals surface area contributed by atoms with E-state index in [0.29, 0.717) is 66.1 Å². The monoisotopic (exact) mass is 720 g/mol. The Balaban J connectivity index is 1.19. The Kier molecular flexibility index (Phi) is 7.56. The number of imidazole rings is 1. The molecule has 0 spiro atoms. The standard InChI is InChI=1S/C39H41FN8O5/c1-20-14-28(15-21(2)33(20)40)48-34(46-12-10-41-37(46)50)32-24(5)45(11-8-29(32)43-48)35(49)31-18-27-17-25(26-9-13-52-23(4)16-26)6-7-30(27)47(31)39(19-22(39)3)36-42-38(51)53-44-36/h6-7,10,12,14-15,17-18,22-24,26H,8-9,11,13,16,19H2,1-5H3,(H,41,50)(H,42,44,51)/t22-,23-,24-,26-,39-/m0/s1. The summed E-state index contributed by atoms with van der Waals surface area (Å²) in [5.41, 5.74) is 4.43. The molecule has 0 bridgehead atoms. The molecule has 6 aromatic rings. The maximum Gasteiger partial charge on any atom is 0.438 e. The van der Waals surface area contributed by atoms with E-state index in [2.05, 4.69) is 47.2 Å². The fraction of sp³-hybridized carbons (Fsp3) is 0.410. The number of carbonyl (C=O) groups is 1. The van der Waals surface area contributed by atoms with Crippen molar-refractivity contribution in [2.45, 2.75) is 83.9 Å². The molecule has 2 N–H and O–H groups in total. The van der Waals surface area contributed by atoms with Crippen LogP contribution >= 0.6 is 0 Å². The highest BCUT2D eigenvalue weighted by molar-refractivity contribution is 6.00. The molecule has 14 heteroatoms. The Bertz CT molecular complexity index is 2530. The Morgan fingerprint density at radius 3 is 2.51 bits per heavy atom. The van der Waals surface area contributed by atoms with Gasteiger partial charge in [0.15, 0.2) is 5.82 Å². The Labute approximate surface area is 303 Å². The normalized spacial score (nSPS) is 24.2. The third kappa shape index (κ3) is 5.09. The van der Waals surface area contributed by atoms with Crippen molar-refractivity contribution >= 4 is 16.8 Å². The summed E-state index contributed by atoms with van der Waals surface area (Å²) < 4.78 is 30.8. The Morgan fingerprint density at radius 2 is 1.85 bits per heavy atom.